The SMILES string of the molecule is COC(=O)C(Br)c1cc(OC)cc(OC)c1. The van der Waals surface area contributed by atoms with Crippen LogP contribution in [0.25, 0.3) is 0 Å². The molecule has 0 aliphatic heterocycles. The van der Waals surface area contributed by atoms with Crippen LogP contribution in [-0.2, 0) is 9.53 Å². The first kappa shape index (κ1) is 12.8. The van der Waals surface area contributed by atoms with Gasteiger partial charge in [-0.1, -0.05) is 15.9 Å². The van der Waals surface area contributed by atoms with Gasteiger partial charge >= 0.3 is 5.97 Å². The van der Waals surface area contributed by atoms with Gasteiger partial charge in [-0.25, -0.2) is 0 Å². The Morgan fingerprint density at radius 1 is 1.12 bits per heavy atom. The van der Waals surface area contributed by atoms with Gasteiger partial charge in [0.1, 0.15) is 16.3 Å². The molecule has 1 atom stereocenters. The maximum atomic E-state index is 11.4. The van der Waals surface area contributed by atoms with Gasteiger partial charge in [-0.3, -0.25) is 4.79 Å². The van der Waals surface area contributed by atoms with Crippen molar-refractivity contribution in [3.63, 3.8) is 0 Å². The molecule has 1 rings (SSSR count). The highest BCUT2D eigenvalue weighted by Gasteiger charge is 2.19. The molecule has 1 aromatic carbocycles. The van der Waals surface area contributed by atoms with E-state index in [1.807, 2.05) is 0 Å². The molecule has 16 heavy (non-hydrogen) atoms. The van der Waals surface area contributed by atoms with E-state index in [1.54, 1.807) is 32.4 Å². The summed E-state index contributed by atoms with van der Waals surface area (Å²) in [5, 5.41) is 0. The summed E-state index contributed by atoms with van der Waals surface area (Å²) in [5.74, 6) is 0.890. The summed E-state index contributed by atoms with van der Waals surface area (Å²) in [7, 11) is 4.45. The highest BCUT2D eigenvalue weighted by atomic mass is 79.9. The normalized spacial score (nSPS) is 11.8. The maximum Gasteiger partial charge on any atom is 0.324 e. The summed E-state index contributed by atoms with van der Waals surface area (Å²) in [6, 6.07) is 5.23. The average molecular weight is 289 g/mol. The van der Waals surface area contributed by atoms with Crippen molar-refractivity contribution in [2.75, 3.05) is 21.3 Å². The number of carbonyl (C=O) groups is 1. The van der Waals surface area contributed by atoms with Gasteiger partial charge in [0.15, 0.2) is 0 Å². The summed E-state index contributed by atoms with van der Waals surface area (Å²) in [6.45, 7) is 0. The van der Waals surface area contributed by atoms with E-state index in [2.05, 4.69) is 20.7 Å². The fraction of sp³-hybridized carbons (Fsp3) is 0.364. The maximum absolute atomic E-state index is 11.4. The number of carbonyl (C=O) groups excluding carboxylic acids is 1. The lowest BCUT2D eigenvalue weighted by Gasteiger charge is -2.11. The van der Waals surface area contributed by atoms with E-state index in [4.69, 9.17) is 9.47 Å². The van der Waals surface area contributed by atoms with Crippen LogP contribution in [0.4, 0.5) is 0 Å². The Morgan fingerprint density at radius 2 is 1.62 bits per heavy atom. The van der Waals surface area contributed by atoms with Crippen molar-refractivity contribution >= 4 is 21.9 Å². The molecule has 1 aromatic rings. The number of esters is 1. The fourth-order valence-electron chi connectivity index (χ4n) is 1.22. The second kappa shape index (κ2) is 5.75. The lowest BCUT2D eigenvalue weighted by molar-refractivity contribution is -0.139. The zero-order chi connectivity index (χ0) is 12.1. The number of benzene rings is 1. The van der Waals surface area contributed by atoms with Gasteiger partial charge in [0, 0.05) is 6.07 Å². The lowest BCUT2D eigenvalue weighted by Crippen LogP contribution is -2.08. The first-order chi connectivity index (χ1) is 7.62. The van der Waals surface area contributed by atoms with Crippen molar-refractivity contribution in [1.82, 2.24) is 0 Å². The number of halogens is 1. The molecule has 4 nitrogen and oxygen atoms in total. The number of methoxy groups -OCH3 is 3. The Balaban J connectivity index is 3.07. The van der Waals surface area contributed by atoms with E-state index >= 15 is 0 Å². The number of hydrogen-bond donors (Lipinski definition) is 0. The highest BCUT2D eigenvalue weighted by molar-refractivity contribution is 9.09. The van der Waals surface area contributed by atoms with E-state index in [1.165, 1.54) is 7.11 Å². The molecule has 0 aliphatic rings. The average Bonchev–Trinajstić information content (AvgIpc) is 2.35. The first-order valence-corrected chi connectivity index (χ1v) is 5.48. The molecule has 0 saturated carbocycles. The minimum absolute atomic E-state index is 0.365. The van der Waals surface area contributed by atoms with Crippen LogP contribution in [0.1, 0.15) is 10.4 Å². The van der Waals surface area contributed by atoms with Crippen LogP contribution in [0.3, 0.4) is 0 Å². The molecule has 0 radical (unpaired) electrons. The molecule has 0 aliphatic carbocycles. The molecule has 0 fully saturated rings. The Labute approximate surface area is 103 Å². The van der Waals surface area contributed by atoms with Crippen molar-refractivity contribution in [3.05, 3.63) is 23.8 Å². The third kappa shape index (κ3) is 2.88. The topological polar surface area (TPSA) is 44.8 Å². The standard InChI is InChI=1S/C11H13BrO4/c1-14-8-4-7(5-9(6-8)15-2)10(12)11(13)16-3/h4-6,10H,1-3H3. The predicted molar refractivity (Wildman–Crippen MR) is 63.2 cm³/mol. The quantitative estimate of drug-likeness (QED) is 0.630. The van der Waals surface area contributed by atoms with Crippen LogP contribution in [-0.4, -0.2) is 27.3 Å². The molecule has 5 heteroatoms. The molecule has 0 amide bonds. The van der Waals surface area contributed by atoms with Gasteiger partial charge in [0.2, 0.25) is 0 Å². The van der Waals surface area contributed by atoms with Crippen LogP contribution in [0.2, 0.25) is 0 Å². The van der Waals surface area contributed by atoms with Crippen LogP contribution < -0.4 is 9.47 Å². The predicted octanol–water partition coefficient (Wildman–Crippen LogP) is 2.31. The fourth-order valence-corrected chi connectivity index (χ4v) is 1.67. The molecular formula is C11H13BrO4. The first-order valence-electron chi connectivity index (χ1n) is 4.57. The van der Waals surface area contributed by atoms with Crippen molar-refractivity contribution in [2.45, 2.75) is 4.83 Å². The second-order valence-electron chi connectivity index (χ2n) is 3.03. The van der Waals surface area contributed by atoms with Crippen LogP contribution >= 0.6 is 15.9 Å². The third-order valence-corrected chi connectivity index (χ3v) is 2.98. The molecular weight excluding hydrogens is 276 g/mol. The van der Waals surface area contributed by atoms with E-state index in [0.717, 1.165) is 5.56 Å². The Hall–Kier alpha value is -1.23. The summed E-state index contributed by atoms with van der Waals surface area (Å²) in [5.41, 5.74) is 0.725. The van der Waals surface area contributed by atoms with E-state index in [9.17, 15) is 4.79 Å². The van der Waals surface area contributed by atoms with Crippen LogP contribution in [0.15, 0.2) is 18.2 Å². The molecule has 88 valence electrons. The van der Waals surface area contributed by atoms with Crippen molar-refractivity contribution < 1.29 is 19.0 Å². The van der Waals surface area contributed by atoms with E-state index in [-0.39, 0.29) is 5.97 Å². The molecule has 0 saturated heterocycles. The minimum atomic E-state index is -0.526. The zero-order valence-corrected chi connectivity index (χ0v) is 10.9. The van der Waals surface area contributed by atoms with E-state index in [0.29, 0.717) is 11.5 Å². The summed E-state index contributed by atoms with van der Waals surface area (Å²) >= 11 is 3.25. The minimum Gasteiger partial charge on any atom is -0.497 e. The van der Waals surface area contributed by atoms with Gasteiger partial charge in [0.25, 0.3) is 0 Å². The van der Waals surface area contributed by atoms with Gasteiger partial charge in [-0.2, -0.15) is 0 Å². The molecule has 0 N–H and O–H groups in total. The third-order valence-electron chi connectivity index (χ3n) is 2.07. The summed E-state index contributed by atoms with van der Waals surface area (Å²) in [4.78, 5) is 10.8. The number of hydrogen-bond acceptors (Lipinski definition) is 4. The number of rotatable bonds is 4. The zero-order valence-electron chi connectivity index (χ0n) is 9.32. The van der Waals surface area contributed by atoms with Gasteiger partial charge in [-0.05, 0) is 17.7 Å². The largest absolute Gasteiger partial charge is 0.497 e. The monoisotopic (exact) mass is 288 g/mol. The Bertz CT molecular complexity index is 356. The number of ether oxygens (including phenoxy) is 3. The molecule has 0 aromatic heterocycles. The van der Waals surface area contributed by atoms with Crippen LogP contribution in [0.5, 0.6) is 11.5 Å². The van der Waals surface area contributed by atoms with Gasteiger partial charge in [-0.15, -0.1) is 0 Å². The Morgan fingerprint density at radius 3 is 2.00 bits per heavy atom. The smallest absolute Gasteiger partial charge is 0.324 e. The highest BCUT2D eigenvalue weighted by Crippen LogP contribution is 2.31. The molecule has 1 unspecified atom stereocenters. The molecule has 0 spiro atoms. The van der Waals surface area contributed by atoms with E-state index < -0.39 is 4.83 Å². The Kier molecular flexibility index (Phi) is 4.61. The molecule has 0 heterocycles. The van der Waals surface area contributed by atoms with Crippen molar-refractivity contribution in [1.29, 1.82) is 0 Å². The van der Waals surface area contributed by atoms with Gasteiger partial charge < -0.3 is 14.2 Å². The second-order valence-corrected chi connectivity index (χ2v) is 3.95. The summed E-state index contributed by atoms with van der Waals surface area (Å²) < 4.78 is 14.9. The number of alkyl halides is 1. The van der Waals surface area contributed by atoms with Crippen molar-refractivity contribution in [3.8, 4) is 11.5 Å². The molecule has 0 bridgehead atoms. The lowest BCUT2D eigenvalue weighted by atomic mass is 10.1. The summed E-state index contributed by atoms with van der Waals surface area (Å²) in [6.07, 6.45) is 0. The van der Waals surface area contributed by atoms with Gasteiger partial charge in [0.05, 0.1) is 21.3 Å². The van der Waals surface area contributed by atoms with Crippen LogP contribution in [0, 0.1) is 0 Å². The van der Waals surface area contributed by atoms with Crippen molar-refractivity contribution in [2.24, 2.45) is 0 Å².